The van der Waals surface area contributed by atoms with E-state index in [1.165, 1.54) is 0 Å². The van der Waals surface area contributed by atoms with E-state index in [1.807, 2.05) is 45.2 Å². The van der Waals surface area contributed by atoms with Gasteiger partial charge in [-0.2, -0.15) is 0 Å². The van der Waals surface area contributed by atoms with Crippen molar-refractivity contribution in [2.45, 2.75) is 0 Å². The van der Waals surface area contributed by atoms with Crippen LogP contribution in [-0.2, 0) is 0 Å². The van der Waals surface area contributed by atoms with Crippen LogP contribution in [0.15, 0.2) is 0 Å². The van der Waals surface area contributed by atoms with Gasteiger partial charge < -0.3 is 10.2 Å². The first kappa shape index (κ1) is 13.5. The van der Waals surface area contributed by atoms with E-state index in [0.29, 0.717) is 7.14 Å². The Morgan fingerprint density at radius 3 is 1.79 bits per heavy atom. The molecule has 1 rings (SSSR count). The summed E-state index contributed by atoms with van der Waals surface area (Å²) in [6.45, 7) is 0. The molecule has 0 atom stereocenters. The van der Waals surface area contributed by atoms with Crippen LogP contribution in [0.25, 0.3) is 0 Å². The highest BCUT2D eigenvalue weighted by Gasteiger charge is 2.22. The maximum atomic E-state index is 10.9. The smallest absolute Gasteiger partial charge is 0.340 e. The summed E-state index contributed by atoms with van der Waals surface area (Å²) in [6.07, 6.45) is 0. The van der Waals surface area contributed by atoms with E-state index >= 15 is 0 Å². The average Bonchev–Trinajstić information content (AvgIpc) is 2.11. The molecule has 0 spiro atoms. The number of phenols is 1. The number of hydrogen-bond donors (Lipinski definition) is 2. The van der Waals surface area contributed by atoms with Crippen molar-refractivity contribution in [1.82, 2.24) is 0 Å². The minimum absolute atomic E-state index is 0.0141. The van der Waals surface area contributed by atoms with Gasteiger partial charge >= 0.3 is 5.97 Å². The van der Waals surface area contributed by atoms with E-state index in [0.717, 1.165) is 7.14 Å². The molecule has 0 aliphatic heterocycles. The fourth-order valence-electron chi connectivity index (χ4n) is 0.815. The third-order valence-corrected chi connectivity index (χ3v) is 8.84. The molecule has 0 radical (unpaired) electrons. The summed E-state index contributed by atoms with van der Waals surface area (Å²) in [7, 11) is 0. The van der Waals surface area contributed by atoms with Crippen molar-refractivity contribution in [3.63, 3.8) is 0 Å². The molecule has 0 bridgehead atoms. The van der Waals surface area contributed by atoms with Gasteiger partial charge in [-0.15, -0.1) is 0 Å². The first-order valence-corrected chi connectivity index (χ1v) is 7.47. The molecule has 0 heterocycles. The summed E-state index contributed by atoms with van der Waals surface area (Å²) >= 11 is 8.04. The Bertz CT molecular complexity index is 387. The van der Waals surface area contributed by atoms with Crippen LogP contribution in [0.4, 0.5) is 0 Å². The number of carboxylic acid groups (broad SMARTS) is 1. The molecule has 1 aromatic carbocycles. The van der Waals surface area contributed by atoms with Crippen LogP contribution in [0.3, 0.4) is 0 Å². The van der Waals surface area contributed by atoms with Gasteiger partial charge in [0, 0.05) is 10.7 Å². The second kappa shape index (κ2) is 5.16. The van der Waals surface area contributed by atoms with Crippen molar-refractivity contribution >= 4 is 96.3 Å². The Balaban J connectivity index is 3.68. The summed E-state index contributed by atoms with van der Waals surface area (Å²) in [5.74, 6) is -1.24. The molecule has 3 nitrogen and oxygen atoms in total. The van der Waals surface area contributed by atoms with E-state index < -0.39 is 5.97 Å². The number of halogens is 4. The molecular formula is C7H2I4O3. The molecule has 0 unspecified atom stereocenters. The molecular weight excluding hydrogens is 640 g/mol. The lowest BCUT2D eigenvalue weighted by Gasteiger charge is -2.09. The highest BCUT2D eigenvalue weighted by atomic mass is 127. The molecule has 0 aliphatic carbocycles. The standard InChI is InChI=1S/C7H2I4O3/c8-2-1(7(13)14)6(12)5(11)4(10)3(2)9/h12H,(H,13,14). The summed E-state index contributed by atoms with van der Waals surface area (Å²) in [5.41, 5.74) is -0.0141. The summed E-state index contributed by atoms with van der Waals surface area (Å²) in [6, 6.07) is 0. The predicted octanol–water partition coefficient (Wildman–Crippen LogP) is 3.51. The zero-order valence-electron chi connectivity index (χ0n) is 6.31. The first-order valence-electron chi connectivity index (χ1n) is 3.16. The topological polar surface area (TPSA) is 57.5 Å². The lowest BCUT2D eigenvalue weighted by atomic mass is 10.2. The molecule has 1 aromatic rings. The van der Waals surface area contributed by atoms with E-state index in [-0.39, 0.29) is 11.3 Å². The van der Waals surface area contributed by atoms with Crippen molar-refractivity contribution in [2.24, 2.45) is 0 Å². The van der Waals surface area contributed by atoms with Gasteiger partial charge in [-0.05, 0) is 90.4 Å². The number of hydrogen-bond acceptors (Lipinski definition) is 2. The Labute approximate surface area is 135 Å². The summed E-state index contributed by atoms with van der Waals surface area (Å²) in [4.78, 5) is 10.9. The van der Waals surface area contributed by atoms with Crippen LogP contribution in [0, 0.1) is 14.3 Å². The SMILES string of the molecule is O=C(O)c1c(O)c(I)c(I)c(I)c1I. The Kier molecular flexibility index (Phi) is 4.97. The van der Waals surface area contributed by atoms with Crippen molar-refractivity contribution in [3.05, 3.63) is 19.8 Å². The minimum Gasteiger partial charge on any atom is -0.506 e. The van der Waals surface area contributed by atoms with Crippen LogP contribution >= 0.6 is 90.4 Å². The van der Waals surface area contributed by atoms with E-state index in [1.54, 1.807) is 0 Å². The number of aromatic hydroxyl groups is 1. The second-order valence-electron chi connectivity index (χ2n) is 2.28. The van der Waals surface area contributed by atoms with Gasteiger partial charge in [0.05, 0.1) is 3.57 Å². The monoisotopic (exact) mass is 642 g/mol. The fourth-order valence-corrected chi connectivity index (χ4v) is 4.21. The second-order valence-corrected chi connectivity index (χ2v) is 6.60. The summed E-state index contributed by atoms with van der Waals surface area (Å²) in [5, 5.41) is 18.6. The van der Waals surface area contributed by atoms with Crippen LogP contribution in [0.1, 0.15) is 10.4 Å². The third-order valence-electron chi connectivity index (χ3n) is 1.46. The fraction of sp³-hybridized carbons (Fsp3) is 0. The Morgan fingerprint density at radius 2 is 1.36 bits per heavy atom. The molecule has 7 heteroatoms. The molecule has 0 saturated heterocycles. The van der Waals surface area contributed by atoms with Gasteiger partial charge in [-0.25, -0.2) is 4.79 Å². The van der Waals surface area contributed by atoms with E-state index in [2.05, 4.69) is 45.2 Å². The van der Waals surface area contributed by atoms with Crippen LogP contribution in [0.2, 0.25) is 0 Å². The van der Waals surface area contributed by atoms with Gasteiger partial charge in [-0.3, -0.25) is 0 Å². The van der Waals surface area contributed by atoms with E-state index in [9.17, 15) is 9.90 Å². The Hall–Kier alpha value is 1.41. The molecule has 0 amide bonds. The van der Waals surface area contributed by atoms with Gasteiger partial charge in [0.15, 0.2) is 0 Å². The maximum Gasteiger partial charge on any atom is 0.340 e. The minimum atomic E-state index is -1.10. The average molecular weight is 642 g/mol. The summed E-state index contributed by atoms with van der Waals surface area (Å²) < 4.78 is 2.92. The van der Waals surface area contributed by atoms with Gasteiger partial charge in [-0.1, -0.05) is 0 Å². The van der Waals surface area contributed by atoms with E-state index in [4.69, 9.17) is 5.11 Å². The first-order chi connectivity index (χ1) is 6.37. The van der Waals surface area contributed by atoms with Gasteiger partial charge in [0.1, 0.15) is 11.3 Å². The number of carboxylic acids is 1. The quantitative estimate of drug-likeness (QED) is 0.281. The van der Waals surface area contributed by atoms with Crippen molar-refractivity contribution in [2.75, 3.05) is 0 Å². The maximum absolute atomic E-state index is 10.9. The number of carbonyl (C=O) groups is 1. The zero-order valence-corrected chi connectivity index (χ0v) is 14.9. The number of benzene rings is 1. The lowest BCUT2D eigenvalue weighted by molar-refractivity contribution is 0.0692. The Morgan fingerprint density at radius 1 is 0.929 bits per heavy atom. The van der Waals surface area contributed by atoms with Crippen LogP contribution in [0.5, 0.6) is 5.75 Å². The molecule has 0 fully saturated rings. The molecule has 14 heavy (non-hydrogen) atoms. The molecule has 0 saturated carbocycles. The molecule has 0 aromatic heterocycles. The van der Waals surface area contributed by atoms with Gasteiger partial charge in [0.25, 0.3) is 0 Å². The molecule has 0 aliphatic rings. The van der Waals surface area contributed by atoms with Crippen molar-refractivity contribution in [1.29, 1.82) is 0 Å². The highest BCUT2D eigenvalue weighted by Crippen LogP contribution is 2.36. The lowest BCUT2D eigenvalue weighted by Crippen LogP contribution is -2.05. The third kappa shape index (κ3) is 2.39. The van der Waals surface area contributed by atoms with Gasteiger partial charge in [0.2, 0.25) is 0 Å². The predicted molar refractivity (Wildman–Crippen MR) is 85.9 cm³/mol. The van der Waals surface area contributed by atoms with Crippen molar-refractivity contribution in [3.8, 4) is 5.75 Å². The normalized spacial score (nSPS) is 10.3. The number of rotatable bonds is 1. The van der Waals surface area contributed by atoms with Crippen molar-refractivity contribution < 1.29 is 15.0 Å². The molecule has 2 N–H and O–H groups in total. The largest absolute Gasteiger partial charge is 0.506 e. The molecule has 76 valence electrons. The van der Waals surface area contributed by atoms with Crippen LogP contribution in [-0.4, -0.2) is 16.2 Å². The highest BCUT2D eigenvalue weighted by molar-refractivity contribution is 14.1. The van der Waals surface area contributed by atoms with Crippen LogP contribution < -0.4 is 0 Å². The zero-order chi connectivity index (χ0) is 11.0. The number of aromatic carboxylic acids is 1.